The lowest BCUT2D eigenvalue weighted by molar-refractivity contribution is 0.675. The molecule has 5 heteroatoms. The van der Waals surface area contributed by atoms with Crippen LogP contribution in [0.15, 0.2) is 18.2 Å². The maximum atomic E-state index is 11.5. The van der Waals surface area contributed by atoms with Gasteiger partial charge in [-0.3, -0.25) is 4.21 Å². The molecular formula is C12H16N2OS2. The Morgan fingerprint density at radius 3 is 2.94 bits per heavy atom. The molecule has 2 rings (SSSR count). The van der Waals surface area contributed by atoms with Crippen molar-refractivity contribution in [2.24, 2.45) is 0 Å². The van der Waals surface area contributed by atoms with Gasteiger partial charge in [-0.15, -0.1) is 0 Å². The van der Waals surface area contributed by atoms with E-state index in [2.05, 4.69) is 18.0 Å². The van der Waals surface area contributed by atoms with Gasteiger partial charge in [-0.25, -0.2) is 0 Å². The molecule has 1 unspecified atom stereocenters. The van der Waals surface area contributed by atoms with Gasteiger partial charge in [0.15, 0.2) is 4.77 Å². The summed E-state index contributed by atoms with van der Waals surface area (Å²) in [5.41, 5.74) is 3.37. The maximum absolute atomic E-state index is 11.5. The van der Waals surface area contributed by atoms with Crippen LogP contribution >= 0.6 is 12.2 Å². The third-order valence-corrected chi connectivity index (χ3v) is 4.49. The minimum absolute atomic E-state index is 0.658. The highest BCUT2D eigenvalue weighted by Gasteiger charge is 2.06. The van der Waals surface area contributed by atoms with Crippen molar-refractivity contribution in [3.05, 3.63) is 28.5 Å². The SMILES string of the molecule is CCS(=O)CCn1c(=S)[nH]c2c(C)cccc21. The number of para-hydroxylation sites is 1. The normalized spacial score (nSPS) is 13.1. The lowest BCUT2D eigenvalue weighted by atomic mass is 10.2. The minimum Gasteiger partial charge on any atom is -0.330 e. The van der Waals surface area contributed by atoms with E-state index in [0.29, 0.717) is 22.8 Å². The average molecular weight is 268 g/mol. The molecule has 0 spiro atoms. The van der Waals surface area contributed by atoms with Crippen LogP contribution in [0.5, 0.6) is 0 Å². The first-order valence-electron chi connectivity index (χ1n) is 5.66. The summed E-state index contributed by atoms with van der Waals surface area (Å²) in [6, 6.07) is 6.12. The predicted molar refractivity (Wildman–Crippen MR) is 75.4 cm³/mol. The van der Waals surface area contributed by atoms with Crippen LogP contribution in [0.25, 0.3) is 11.0 Å². The summed E-state index contributed by atoms with van der Waals surface area (Å²) in [6.45, 7) is 4.71. The fraction of sp³-hybridized carbons (Fsp3) is 0.417. The third-order valence-electron chi connectivity index (χ3n) is 2.88. The molecule has 0 aliphatic carbocycles. The van der Waals surface area contributed by atoms with Gasteiger partial charge in [-0.05, 0) is 30.8 Å². The smallest absolute Gasteiger partial charge is 0.178 e. The second-order valence-corrected chi connectivity index (χ2v) is 6.24. The summed E-state index contributed by atoms with van der Waals surface area (Å²) >= 11 is 5.31. The fourth-order valence-electron chi connectivity index (χ4n) is 1.88. The average Bonchev–Trinajstić information content (AvgIpc) is 2.64. The molecule has 0 amide bonds. The van der Waals surface area contributed by atoms with Gasteiger partial charge in [-0.1, -0.05) is 19.1 Å². The molecule has 92 valence electrons. The van der Waals surface area contributed by atoms with Gasteiger partial charge in [0.2, 0.25) is 0 Å². The summed E-state index contributed by atoms with van der Waals surface area (Å²) in [7, 11) is -0.749. The maximum Gasteiger partial charge on any atom is 0.178 e. The Labute approximate surface area is 108 Å². The minimum atomic E-state index is -0.749. The van der Waals surface area contributed by atoms with E-state index in [1.165, 1.54) is 5.56 Å². The van der Waals surface area contributed by atoms with Gasteiger partial charge in [0.05, 0.1) is 11.0 Å². The second kappa shape index (κ2) is 5.14. The van der Waals surface area contributed by atoms with Crippen molar-refractivity contribution in [3.8, 4) is 0 Å². The summed E-state index contributed by atoms with van der Waals surface area (Å²) in [5, 5.41) is 0. The molecule has 1 atom stereocenters. The van der Waals surface area contributed by atoms with E-state index in [1.54, 1.807) is 0 Å². The van der Waals surface area contributed by atoms with Gasteiger partial charge in [0, 0.05) is 28.9 Å². The first-order valence-corrected chi connectivity index (χ1v) is 7.56. The van der Waals surface area contributed by atoms with E-state index in [-0.39, 0.29) is 0 Å². The van der Waals surface area contributed by atoms with E-state index in [0.717, 1.165) is 11.0 Å². The number of aromatic amines is 1. The Morgan fingerprint density at radius 1 is 1.47 bits per heavy atom. The summed E-state index contributed by atoms with van der Waals surface area (Å²) < 4.78 is 14.2. The Hall–Kier alpha value is -0.940. The molecule has 1 aromatic heterocycles. The number of H-pyrrole nitrogens is 1. The topological polar surface area (TPSA) is 37.8 Å². The highest BCUT2D eigenvalue weighted by molar-refractivity contribution is 7.84. The summed E-state index contributed by atoms with van der Waals surface area (Å²) in [5.74, 6) is 1.36. The van der Waals surface area contributed by atoms with E-state index < -0.39 is 10.8 Å². The third kappa shape index (κ3) is 2.50. The van der Waals surface area contributed by atoms with Gasteiger partial charge in [0.25, 0.3) is 0 Å². The molecule has 0 radical (unpaired) electrons. The van der Waals surface area contributed by atoms with Crippen LogP contribution in [0, 0.1) is 11.7 Å². The highest BCUT2D eigenvalue weighted by atomic mass is 32.2. The van der Waals surface area contributed by atoms with Crippen molar-refractivity contribution < 1.29 is 4.21 Å². The number of nitrogens with zero attached hydrogens (tertiary/aromatic N) is 1. The largest absolute Gasteiger partial charge is 0.330 e. The van der Waals surface area contributed by atoms with Gasteiger partial charge < -0.3 is 9.55 Å². The van der Waals surface area contributed by atoms with Crippen molar-refractivity contribution >= 4 is 34.1 Å². The quantitative estimate of drug-likeness (QED) is 0.866. The molecule has 0 bridgehead atoms. The van der Waals surface area contributed by atoms with Crippen LogP contribution in [0.1, 0.15) is 12.5 Å². The molecule has 1 aromatic carbocycles. The van der Waals surface area contributed by atoms with Gasteiger partial charge in [-0.2, -0.15) is 0 Å². The van der Waals surface area contributed by atoms with E-state index >= 15 is 0 Å². The van der Waals surface area contributed by atoms with E-state index in [9.17, 15) is 4.21 Å². The number of nitrogens with one attached hydrogen (secondary N) is 1. The number of hydrogen-bond donors (Lipinski definition) is 1. The summed E-state index contributed by atoms with van der Waals surface area (Å²) in [6.07, 6.45) is 0. The molecule has 1 heterocycles. The van der Waals surface area contributed by atoms with Crippen molar-refractivity contribution in [2.45, 2.75) is 20.4 Å². The molecule has 2 aromatic rings. The number of imidazole rings is 1. The number of aryl methyl sites for hydroxylation is 2. The van der Waals surface area contributed by atoms with Crippen molar-refractivity contribution in [3.63, 3.8) is 0 Å². The Balaban J connectivity index is 2.40. The zero-order valence-electron chi connectivity index (χ0n) is 10.0. The number of rotatable bonds is 4. The second-order valence-electron chi connectivity index (χ2n) is 3.98. The molecule has 0 aliphatic rings. The standard InChI is InChI=1S/C12H16N2OS2/c1-3-17(15)8-7-14-10-6-4-5-9(2)11(10)13-12(14)16/h4-6H,3,7-8H2,1-2H3,(H,13,16). The molecular weight excluding hydrogens is 252 g/mol. The Bertz CT molecular complexity index is 612. The first kappa shape index (κ1) is 12.5. The number of fused-ring (bicyclic) bond motifs is 1. The zero-order valence-corrected chi connectivity index (χ0v) is 11.7. The van der Waals surface area contributed by atoms with Crippen molar-refractivity contribution in [2.75, 3.05) is 11.5 Å². The predicted octanol–water partition coefficient (Wildman–Crippen LogP) is 2.78. The van der Waals surface area contributed by atoms with Gasteiger partial charge in [0.1, 0.15) is 0 Å². The highest BCUT2D eigenvalue weighted by Crippen LogP contribution is 2.17. The molecule has 0 fully saturated rings. The lowest BCUT2D eigenvalue weighted by Gasteiger charge is -2.04. The zero-order chi connectivity index (χ0) is 12.4. The van der Waals surface area contributed by atoms with Crippen LogP contribution < -0.4 is 0 Å². The Kier molecular flexibility index (Phi) is 3.79. The summed E-state index contributed by atoms with van der Waals surface area (Å²) in [4.78, 5) is 3.22. The van der Waals surface area contributed by atoms with Crippen molar-refractivity contribution in [1.82, 2.24) is 9.55 Å². The first-order chi connectivity index (χ1) is 8.13. The number of aromatic nitrogens is 2. The molecule has 0 aliphatic heterocycles. The lowest BCUT2D eigenvalue weighted by Crippen LogP contribution is -2.08. The van der Waals surface area contributed by atoms with E-state index in [4.69, 9.17) is 12.2 Å². The molecule has 1 N–H and O–H groups in total. The van der Waals surface area contributed by atoms with E-state index in [1.807, 2.05) is 23.6 Å². The van der Waals surface area contributed by atoms with Crippen molar-refractivity contribution in [1.29, 1.82) is 0 Å². The molecule has 3 nitrogen and oxygen atoms in total. The molecule has 0 saturated heterocycles. The van der Waals surface area contributed by atoms with Crippen LogP contribution in [-0.2, 0) is 17.3 Å². The number of benzene rings is 1. The van der Waals surface area contributed by atoms with Crippen LogP contribution in [0.4, 0.5) is 0 Å². The van der Waals surface area contributed by atoms with Crippen LogP contribution in [-0.4, -0.2) is 25.3 Å². The Morgan fingerprint density at radius 2 is 2.24 bits per heavy atom. The monoisotopic (exact) mass is 268 g/mol. The molecule has 17 heavy (non-hydrogen) atoms. The van der Waals surface area contributed by atoms with Gasteiger partial charge >= 0.3 is 0 Å². The molecule has 0 saturated carbocycles. The van der Waals surface area contributed by atoms with Crippen LogP contribution in [0.2, 0.25) is 0 Å². The fourth-order valence-corrected chi connectivity index (χ4v) is 2.85. The number of hydrogen-bond acceptors (Lipinski definition) is 2. The van der Waals surface area contributed by atoms with Crippen LogP contribution in [0.3, 0.4) is 0 Å².